The van der Waals surface area contributed by atoms with E-state index in [2.05, 4.69) is 20.8 Å². The van der Waals surface area contributed by atoms with Crippen molar-refractivity contribution in [1.29, 1.82) is 0 Å². The summed E-state index contributed by atoms with van der Waals surface area (Å²) in [6.07, 6.45) is 0. The Bertz CT molecular complexity index is 912. The van der Waals surface area contributed by atoms with E-state index in [0.29, 0.717) is 18.4 Å². The van der Waals surface area contributed by atoms with Crippen molar-refractivity contribution in [3.05, 3.63) is 83.1 Å². The van der Waals surface area contributed by atoms with Crippen LogP contribution in [0.25, 0.3) is 0 Å². The number of aromatic nitrogens is 2. The molecule has 132 valence electrons. The summed E-state index contributed by atoms with van der Waals surface area (Å²) >= 11 is 0. The maximum absolute atomic E-state index is 13.6. The molecule has 0 saturated carbocycles. The summed E-state index contributed by atoms with van der Waals surface area (Å²) in [6, 6.07) is 14.0. The van der Waals surface area contributed by atoms with Crippen LogP contribution in [-0.2, 0) is 6.54 Å². The molecule has 3 aromatic rings. The summed E-state index contributed by atoms with van der Waals surface area (Å²) in [5, 5.41) is 13.2. The minimum atomic E-state index is -0.859. The molecular formula is C19H16F2N4O. The first-order valence-corrected chi connectivity index (χ1v) is 7.91. The van der Waals surface area contributed by atoms with Crippen LogP contribution in [0.15, 0.2) is 54.6 Å². The lowest BCUT2D eigenvalue weighted by atomic mass is 10.1. The van der Waals surface area contributed by atoms with E-state index in [9.17, 15) is 13.6 Å². The third kappa shape index (κ3) is 4.38. The Hall–Kier alpha value is -3.35. The molecule has 0 bridgehead atoms. The Morgan fingerprint density at radius 3 is 2.42 bits per heavy atom. The van der Waals surface area contributed by atoms with Gasteiger partial charge in [0.25, 0.3) is 5.91 Å². The molecule has 2 N–H and O–H groups in total. The molecule has 2 aromatic carbocycles. The Morgan fingerprint density at radius 2 is 1.77 bits per heavy atom. The number of halogens is 2. The molecule has 0 aliphatic rings. The zero-order valence-electron chi connectivity index (χ0n) is 14.0. The van der Waals surface area contributed by atoms with Crippen molar-refractivity contribution < 1.29 is 13.6 Å². The highest BCUT2D eigenvalue weighted by Gasteiger charge is 2.12. The lowest BCUT2D eigenvalue weighted by molar-refractivity contribution is 0.102. The standard InChI is InChI=1S/C19H16F2N4O/c1-12-2-4-13(5-3-12)11-22-18-9-8-17(24-25-18)19(26)23-16-7-6-14(20)10-15(16)21/h2-10H,11H2,1H3,(H,22,25)(H,23,26). The lowest BCUT2D eigenvalue weighted by Crippen LogP contribution is -2.15. The fourth-order valence-corrected chi connectivity index (χ4v) is 2.22. The van der Waals surface area contributed by atoms with E-state index >= 15 is 0 Å². The van der Waals surface area contributed by atoms with Crippen molar-refractivity contribution in [3.63, 3.8) is 0 Å². The maximum atomic E-state index is 13.6. The van der Waals surface area contributed by atoms with E-state index in [4.69, 9.17) is 0 Å². The Morgan fingerprint density at radius 1 is 1.00 bits per heavy atom. The van der Waals surface area contributed by atoms with Gasteiger partial charge in [0.15, 0.2) is 5.69 Å². The van der Waals surface area contributed by atoms with Crippen molar-refractivity contribution in [2.45, 2.75) is 13.5 Å². The first-order valence-electron chi connectivity index (χ1n) is 7.91. The second-order valence-electron chi connectivity index (χ2n) is 5.72. The number of amides is 1. The van der Waals surface area contributed by atoms with Crippen molar-refractivity contribution in [2.24, 2.45) is 0 Å². The largest absolute Gasteiger partial charge is 0.365 e. The molecule has 1 amide bonds. The Kier molecular flexibility index (Phi) is 5.17. The van der Waals surface area contributed by atoms with E-state index in [1.807, 2.05) is 31.2 Å². The lowest BCUT2D eigenvalue weighted by Gasteiger charge is -2.07. The summed E-state index contributed by atoms with van der Waals surface area (Å²) in [7, 11) is 0. The zero-order chi connectivity index (χ0) is 18.5. The molecule has 0 radical (unpaired) electrons. The average Bonchev–Trinajstić information content (AvgIpc) is 2.64. The number of nitrogens with zero attached hydrogens (tertiary/aromatic N) is 2. The van der Waals surface area contributed by atoms with Crippen LogP contribution in [0.4, 0.5) is 20.3 Å². The molecule has 5 nitrogen and oxygen atoms in total. The van der Waals surface area contributed by atoms with Crippen molar-refractivity contribution >= 4 is 17.4 Å². The molecule has 0 fully saturated rings. The fourth-order valence-electron chi connectivity index (χ4n) is 2.22. The van der Waals surface area contributed by atoms with Gasteiger partial charge in [0, 0.05) is 12.6 Å². The van der Waals surface area contributed by atoms with Crippen LogP contribution in [0.2, 0.25) is 0 Å². The highest BCUT2D eigenvalue weighted by molar-refractivity contribution is 6.02. The highest BCUT2D eigenvalue weighted by Crippen LogP contribution is 2.16. The molecule has 1 aromatic heterocycles. The summed E-state index contributed by atoms with van der Waals surface area (Å²) in [4.78, 5) is 12.1. The zero-order valence-corrected chi connectivity index (χ0v) is 14.0. The third-order valence-electron chi connectivity index (χ3n) is 3.67. The van der Waals surface area contributed by atoms with Crippen molar-refractivity contribution in [1.82, 2.24) is 10.2 Å². The number of anilines is 2. The summed E-state index contributed by atoms with van der Waals surface area (Å²) in [6.45, 7) is 2.59. The summed E-state index contributed by atoms with van der Waals surface area (Å²) in [5.74, 6) is -1.70. The van der Waals surface area contributed by atoms with Gasteiger partial charge in [-0.2, -0.15) is 0 Å². The highest BCUT2D eigenvalue weighted by atomic mass is 19.1. The van der Waals surface area contributed by atoms with Crippen LogP contribution < -0.4 is 10.6 Å². The fraction of sp³-hybridized carbons (Fsp3) is 0.105. The number of hydrogen-bond acceptors (Lipinski definition) is 4. The number of hydrogen-bond donors (Lipinski definition) is 2. The maximum Gasteiger partial charge on any atom is 0.276 e. The van der Waals surface area contributed by atoms with Crippen LogP contribution in [-0.4, -0.2) is 16.1 Å². The van der Waals surface area contributed by atoms with Gasteiger partial charge in [-0.15, -0.1) is 10.2 Å². The van der Waals surface area contributed by atoms with Gasteiger partial charge in [-0.25, -0.2) is 8.78 Å². The molecule has 0 aliphatic heterocycles. The number of rotatable bonds is 5. The van der Waals surface area contributed by atoms with E-state index in [1.165, 1.54) is 11.6 Å². The predicted molar refractivity (Wildman–Crippen MR) is 94.8 cm³/mol. The second kappa shape index (κ2) is 7.69. The number of benzene rings is 2. The van der Waals surface area contributed by atoms with Gasteiger partial charge in [0.2, 0.25) is 0 Å². The van der Waals surface area contributed by atoms with Crippen LogP contribution >= 0.6 is 0 Å². The molecular weight excluding hydrogens is 338 g/mol. The molecule has 0 spiro atoms. The molecule has 1 heterocycles. The number of nitrogens with one attached hydrogen (secondary N) is 2. The normalized spacial score (nSPS) is 10.4. The van der Waals surface area contributed by atoms with E-state index in [0.717, 1.165) is 17.7 Å². The van der Waals surface area contributed by atoms with Crippen LogP contribution in [0, 0.1) is 18.6 Å². The van der Waals surface area contributed by atoms with Gasteiger partial charge >= 0.3 is 0 Å². The first kappa shape index (κ1) is 17.5. The van der Waals surface area contributed by atoms with Crippen molar-refractivity contribution in [3.8, 4) is 0 Å². The quantitative estimate of drug-likeness (QED) is 0.729. The molecule has 0 unspecified atom stereocenters. The average molecular weight is 354 g/mol. The second-order valence-corrected chi connectivity index (χ2v) is 5.72. The van der Waals surface area contributed by atoms with Crippen LogP contribution in [0.1, 0.15) is 21.6 Å². The first-order chi connectivity index (χ1) is 12.5. The van der Waals surface area contributed by atoms with Gasteiger partial charge < -0.3 is 10.6 Å². The number of carbonyl (C=O) groups excluding carboxylic acids is 1. The summed E-state index contributed by atoms with van der Waals surface area (Å²) < 4.78 is 26.5. The Balaban J connectivity index is 1.61. The topological polar surface area (TPSA) is 66.9 Å². The van der Waals surface area contributed by atoms with E-state index in [1.54, 1.807) is 6.07 Å². The molecule has 3 rings (SSSR count). The smallest absolute Gasteiger partial charge is 0.276 e. The van der Waals surface area contributed by atoms with Gasteiger partial charge in [0.05, 0.1) is 5.69 Å². The van der Waals surface area contributed by atoms with Gasteiger partial charge in [-0.1, -0.05) is 29.8 Å². The third-order valence-corrected chi connectivity index (χ3v) is 3.67. The van der Waals surface area contributed by atoms with E-state index in [-0.39, 0.29) is 11.4 Å². The van der Waals surface area contributed by atoms with Crippen LogP contribution in [0.5, 0.6) is 0 Å². The minimum Gasteiger partial charge on any atom is -0.365 e. The van der Waals surface area contributed by atoms with Crippen LogP contribution in [0.3, 0.4) is 0 Å². The summed E-state index contributed by atoms with van der Waals surface area (Å²) in [5.41, 5.74) is 2.17. The molecule has 26 heavy (non-hydrogen) atoms. The molecule has 0 saturated heterocycles. The van der Waals surface area contributed by atoms with E-state index < -0.39 is 17.5 Å². The molecule has 0 aliphatic carbocycles. The molecule has 0 atom stereocenters. The minimum absolute atomic E-state index is 0.0228. The van der Waals surface area contributed by atoms with Gasteiger partial charge in [0.1, 0.15) is 17.5 Å². The SMILES string of the molecule is Cc1ccc(CNc2ccc(C(=O)Nc3ccc(F)cc3F)nn2)cc1. The molecule has 7 heteroatoms. The number of carbonyl (C=O) groups is 1. The Labute approximate surface area is 149 Å². The number of aryl methyl sites for hydroxylation is 1. The predicted octanol–water partition coefficient (Wildman–Crippen LogP) is 3.93. The van der Waals surface area contributed by atoms with Gasteiger partial charge in [-0.05, 0) is 36.8 Å². The monoisotopic (exact) mass is 354 g/mol. The van der Waals surface area contributed by atoms with Crippen molar-refractivity contribution in [2.75, 3.05) is 10.6 Å². The van der Waals surface area contributed by atoms with Gasteiger partial charge in [-0.3, -0.25) is 4.79 Å².